The highest BCUT2D eigenvalue weighted by Gasteiger charge is 2.54. The number of tetrazole rings is 1. The van der Waals surface area contributed by atoms with Crippen LogP contribution in [0.4, 0.5) is 9.52 Å². The number of halogens is 2. The van der Waals surface area contributed by atoms with Gasteiger partial charge in [0.05, 0.1) is 33.5 Å². The largest absolute Gasteiger partial charge is 0.375 e. The van der Waals surface area contributed by atoms with E-state index in [1.54, 1.807) is 23.0 Å². The predicted octanol–water partition coefficient (Wildman–Crippen LogP) is 3.74. The van der Waals surface area contributed by atoms with Crippen LogP contribution in [0.25, 0.3) is 27.4 Å². The Morgan fingerprint density at radius 3 is 2.81 bits per heavy atom. The first-order valence-corrected chi connectivity index (χ1v) is 12.4. The molecule has 1 atom stereocenters. The second-order valence-corrected chi connectivity index (χ2v) is 10.6. The lowest BCUT2D eigenvalue weighted by atomic mass is 9.95. The van der Waals surface area contributed by atoms with Crippen molar-refractivity contribution >= 4 is 28.1 Å². The zero-order valence-electron chi connectivity index (χ0n) is 18.5. The quantitative estimate of drug-likeness (QED) is 0.368. The average molecular weight is 522 g/mol. The van der Waals surface area contributed by atoms with E-state index in [2.05, 4.69) is 30.5 Å². The van der Waals surface area contributed by atoms with Crippen molar-refractivity contribution in [2.24, 2.45) is 0 Å². The number of nitrogens with two attached hydrogens (primary N) is 1. The molecule has 1 aliphatic heterocycles. The molecule has 0 saturated heterocycles. The molecule has 1 aliphatic carbocycles. The number of nitrogens with zero attached hydrogens (tertiary/aromatic N) is 7. The summed E-state index contributed by atoms with van der Waals surface area (Å²) in [7, 11) is 0. The molecule has 0 amide bonds. The van der Waals surface area contributed by atoms with Gasteiger partial charge in [0.1, 0.15) is 12.2 Å². The maximum atomic E-state index is 15.4. The molecule has 7 rings (SSSR count). The number of aromatic nitrogens is 8. The van der Waals surface area contributed by atoms with E-state index in [-0.39, 0.29) is 27.6 Å². The molecule has 0 bridgehead atoms. The number of fused-ring (bicyclic) bond motifs is 2. The van der Waals surface area contributed by atoms with Crippen LogP contribution in [0.5, 0.6) is 0 Å². The molecule has 4 aromatic heterocycles. The third-order valence-corrected chi connectivity index (χ3v) is 8.17. The Morgan fingerprint density at radius 2 is 2.08 bits per heavy atom. The Balaban J connectivity index is 1.37. The summed E-state index contributed by atoms with van der Waals surface area (Å²) >= 11 is 7.50. The zero-order valence-corrected chi connectivity index (χ0v) is 20.1. The van der Waals surface area contributed by atoms with Gasteiger partial charge < -0.3 is 15.3 Å². The molecule has 1 fully saturated rings. The lowest BCUT2D eigenvalue weighted by Crippen LogP contribution is -2.24. The van der Waals surface area contributed by atoms with E-state index in [0.29, 0.717) is 22.2 Å². The summed E-state index contributed by atoms with van der Waals surface area (Å²) in [4.78, 5) is 26.5. The first-order chi connectivity index (χ1) is 17.4. The number of nitrogen functional groups attached to an aromatic ring is 1. The van der Waals surface area contributed by atoms with Crippen LogP contribution in [0.15, 0.2) is 47.8 Å². The molecule has 10 nitrogen and oxygen atoms in total. The number of rotatable bonds is 4. The van der Waals surface area contributed by atoms with Crippen molar-refractivity contribution in [3.63, 3.8) is 0 Å². The summed E-state index contributed by atoms with van der Waals surface area (Å²) in [5.74, 6) is 0.0630. The van der Waals surface area contributed by atoms with E-state index in [0.717, 1.165) is 35.5 Å². The highest BCUT2D eigenvalue weighted by molar-refractivity contribution is 7.18. The van der Waals surface area contributed by atoms with E-state index in [1.807, 2.05) is 6.07 Å². The van der Waals surface area contributed by atoms with Gasteiger partial charge in [0, 0.05) is 28.9 Å². The van der Waals surface area contributed by atoms with Crippen LogP contribution < -0.4 is 11.3 Å². The Bertz CT molecular complexity index is 1700. The molecule has 0 unspecified atom stereocenters. The normalized spacial score (nSPS) is 17.6. The summed E-state index contributed by atoms with van der Waals surface area (Å²) in [6, 6.07) is 6.15. The number of thiazole rings is 1. The third-order valence-electron chi connectivity index (χ3n) is 7.02. The average Bonchev–Trinajstić information content (AvgIpc) is 3.34. The number of imidazole rings is 1. The molecule has 180 valence electrons. The molecule has 2 aliphatic rings. The number of H-pyrrole nitrogens is 1. The molecule has 1 aromatic carbocycles. The van der Waals surface area contributed by atoms with E-state index >= 15 is 4.39 Å². The van der Waals surface area contributed by atoms with Crippen LogP contribution in [0.2, 0.25) is 5.02 Å². The molecular weight excluding hydrogens is 505 g/mol. The summed E-state index contributed by atoms with van der Waals surface area (Å²) in [5.41, 5.74) is 8.07. The van der Waals surface area contributed by atoms with Crippen LogP contribution >= 0.6 is 22.9 Å². The summed E-state index contributed by atoms with van der Waals surface area (Å²) < 4.78 is 18.5. The van der Waals surface area contributed by atoms with Crippen LogP contribution in [0, 0.1) is 5.82 Å². The van der Waals surface area contributed by atoms with Gasteiger partial charge in [-0.2, -0.15) is 4.68 Å². The summed E-state index contributed by atoms with van der Waals surface area (Å²) in [5, 5.41) is 11.6. The highest BCUT2D eigenvalue weighted by atomic mass is 35.5. The van der Waals surface area contributed by atoms with E-state index < -0.39 is 5.82 Å². The lowest BCUT2D eigenvalue weighted by Gasteiger charge is -2.16. The van der Waals surface area contributed by atoms with Gasteiger partial charge in [-0.3, -0.25) is 4.79 Å². The molecule has 5 aromatic rings. The van der Waals surface area contributed by atoms with Crippen molar-refractivity contribution in [1.82, 2.24) is 39.7 Å². The fourth-order valence-electron chi connectivity index (χ4n) is 5.17. The van der Waals surface area contributed by atoms with Crippen LogP contribution in [-0.2, 0) is 5.41 Å². The van der Waals surface area contributed by atoms with Crippen molar-refractivity contribution in [3.8, 4) is 27.4 Å². The molecule has 3 N–H and O–H groups in total. The number of pyridine rings is 1. The molecule has 1 saturated carbocycles. The fraction of sp³-hybridized carbons (Fsp3) is 0.217. The van der Waals surface area contributed by atoms with Crippen LogP contribution in [0.1, 0.15) is 36.8 Å². The van der Waals surface area contributed by atoms with Crippen molar-refractivity contribution in [2.45, 2.75) is 30.7 Å². The zero-order chi connectivity index (χ0) is 24.6. The number of hydrogen-bond donors (Lipinski definition) is 2. The first kappa shape index (κ1) is 21.4. The highest BCUT2D eigenvalue weighted by Crippen LogP contribution is 2.58. The van der Waals surface area contributed by atoms with Gasteiger partial charge in [0.15, 0.2) is 10.9 Å². The predicted molar refractivity (Wildman–Crippen MR) is 132 cm³/mol. The first-order valence-electron chi connectivity index (χ1n) is 11.2. The van der Waals surface area contributed by atoms with Gasteiger partial charge >= 0.3 is 0 Å². The number of anilines is 1. The van der Waals surface area contributed by atoms with E-state index in [4.69, 9.17) is 17.3 Å². The summed E-state index contributed by atoms with van der Waals surface area (Å²) in [6.07, 6.45) is 7.44. The molecule has 1 spiro atoms. The van der Waals surface area contributed by atoms with Crippen LogP contribution in [-0.4, -0.2) is 39.7 Å². The monoisotopic (exact) mass is 521 g/mol. The topological polar surface area (TPSA) is 133 Å². The standard InChI is InChI=1S/C23H17ClFN9OS/c24-12-1-2-14(33-10-29-31-32-33)19(20(12)25)11-5-17-23(3-4-23)7-15(34(17)18(35)6-11)21-27-8-13(30-21)16-9-28-22(26)36-16/h1-2,5-6,8-10,15H,3-4,7H2,(H2,26,28)(H,27,30)/t15-/m1/s1. The smallest absolute Gasteiger partial charge is 0.252 e. The van der Waals surface area contributed by atoms with Gasteiger partial charge in [-0.15, -0.1) is 5.10 Å². The van der Waals surface area contributed by atoms with Gasteiger partial charge in [-0.05, 0) is 53.5 Å². The third kappa shape index (κ3) is 3.14. The van der Waals surface area contributed by atoms with Crippen molar-refractivity contribution in [3.05, 3.63) is 75.7 Å². The van der Waals surface area contributed by atoms with Gasteiger partial charge in [0.2, 0.25) is 0 Å². The maximum absolute atomic E-state index is 15.4. The Kier molecular flexibility index (Phi) is 4.48. The number of benzene rings is 1. The van der Waals surface area contributed by atoms with Gasteiger partial charge in [-0.1, -0.05) is 22.9 Å². The molecule has 0 radical (unpaired) electrons. The van der Waals surface area contributed by atoms with E-state index in [9.17, 15) is 4.79 Å². The lowest BCUT2D eigenvalue weighted by molar-refractivity contribution is 0.542. The SMILES string of the molecule is Nc1ncc(-c2cnc([C@H]3CC4(CC4)c4cc(-c5c(-n6cnnn6)ccc(Cl)c5F)cc(=O)n43)[nH]2)s1. The van der Waals surface area contributed by atoms with E-state index in [1.165, 1.54) is 34.5 Å². The summed E-state index contributed by atoms with van der Waals surface area (Å²) in [6.45, 7) is 0. The van der Waals surface area contributed by atoms with Crippen molar-refractivity contribution in [1.29, 1.82) is 0 Å². The number of aromatic amines is 1. The molecule has 36 heavy (non-hydrogen) atoms. The van der Waals surface area contributed by atoms with Crippen molar-refractivity contribution in [2.75, 3.05) is 5.73 Å². The minimum absolute atomic E-state index is 0.0479. The molecule has 13 heteroatoms. The second-order valence-electron chi connectivity index (χ2n) is 9.09. The number of nitrogens with one attached hydrogen (secondary N) is 1. The van der Waals surface area contributed by atoms with Crippen molar-refractivity contribution < 1.29 is 4.39 Å². The molecule has 5 heterocycles. The minimum atomic E-state index is -0.632. The van der Waals surface area contributed by atoms with Gasteiger partial charge in [-0.25, -0.2) is 14.4 Å². The van der Waals surface area contributed by atoms with Gasteiger partial charge in [0.25, 0.3) is 5.56 Å². The Hall–Kier alpha value is -3.90. The Morgan fingerprint density at radius 1 is 1.22 bits per heavy atom. The second kappa shape index (κ2) is 7.55. The maximum Gasteiger partial charge on any atom is 0.252 e. The molecular formula is C23H17ClFN9OS. The Labute approximate surface area is 211 Å². The fourth-order valence-corrected chi connectivity index (χ4v) is 5.98. The van der Waals surface area contributed by atoms with Crippen LogP contribution in [0.3, 0.4) is 0 Å². The minimum Gasteiger partial charge on any atom is -0.375 e. The number of hydrogen-bond acceptors (Lipinski definition) is 8.